The molecule has 0 spiro atoms. The van der Waals surface area contributed by atoms with E-state index in [0.29, 0.717) is 29.8 Å². The molecule has 3 heterocycles. The summed E-state index contributed by atoms with van der Waals surface area (Å²) >= 11 is 6.17. The molecule has 1 N–H and O–H groups in total. The largest absolute Gasteiger partial charge is 0.451 e. The van der Waals surface area contributed by atoms with Crippen LogP contribution >= 0.6 is 11.6 Å². The van der Waals surface area contributed by atoms with Crippen molar-refractivity contribution in [2.24, 2.45) is 0 Å². The number of anilines is 2. The van der Waals surface area contributed by atoms with Gasteiger partial charge in [0.2, 0.25) is 0 Å². The SMILES string of the molecule is O=C(Nc1ccc(N2CCOCC2)cn1)c1ccc(-c2ccccc2Cl)o1. The van der Waals surface area contributed by atoms with Crippen molar-refractivity contribution in [2.45, 2.75) is 0 Å². The summed E-state index contributed by atoms with van der Waals surface area (Å²) in [5.74, 6) is 0.845. The van der Waals surface area contributed by atoms with Gasteiger partial charge in [-0.25, -0.2) is 4.98 Å². The molecule has 0 saturated carbocycles. The first-order chi connectivity index (χ1) is 13.2. The van der Waals surface area contributed by atoms with E-state index in [0.717, 1.165) is 24.3 Å². The number of nitrogens with one attached hydrogen (secondary N) is 1. The summed E-state index contributed by atoms with van der Waals surface area (Å²) in [6.07, 6.45) is 1.75. The van der Waals surface area contributed by atoms with Gasteiger partial charge in [-0.1, -0.05) is 23.7 Å². The first-order valence-electron chi connectivity index (χ1n) is 8.65. The van der Waals surface area contributed by atoms with Gasteiger partial charge < -0.3 is 19.4 Å². The summed E-state index contributed by atoms with van der Waals surface area (Å²) in [4.78, 5) is 18.9. The van der Waals surface area contributed by atoms with E-state index in [2.05, 4.69) is 15.2 Å². The van der Waals surface area contributed by atoms with Crippen molar-refractivity contribution in [1.82, 2.24) is 4.98 Å². The standard InChI is InChI=1S/C20H18ClN3O3/c21-16-4-2-1-3-15(16)17-6-7-18(27-17)20(25)23-19-8-5-14(13-22-19)24-9-11-26-12-10-24/h1-8,13H,9-12H2,(H,22,23,25). The fourth-order valence-electron chi connectivity index (χ4n) is 2.91. The van der Waals surface area contributed by atoms with Crippen molar-refractivity contribution >= 4 is 29.0 Å². The molecule has 27 heavy (non-hydrogen) atoms. The van der Waals surface area contributed by atoms with Crippen LogP contribution in [0.1, 0.15) is 10.6 Å². The predicted molar refractivity (Wildman–Crippen MR) is 104 cm³/mol. The van der Waals surface area contributed by atoms with Gasteiger partial charge in [-0.3, -0.25) is 4.79 Å². The Hall–Kier alpha value is -2.83. The maximum atomic E-state index is 12.4. The summed E-state index contributed by atoms with van der Waals surface area (Å²) < 4.78 is 11.0. The molecule has 0 aliphatic carbocycles. The van der Waals surface area contributed by atoms with Crippen molar-refractivity contribution in [3.8, 4) is 11.3 Å². The number of morpholine rings is 1. The molecule has 0 radical (unpaired) electrons. The van der Waals surface area contributed by atoms with Crippen LogP contribution in [-0.4, -0.2) is 37.2 Å². The summed E-state index contributed by atoms with van der Waals surface area (Å²) in [5, 5.41) is 3.32. The fourth-order valence-corrected chi connectivity index (χ4v) is 3.14. The summed E-state index contributed by atoms with van der Waals surface area (Å²) in [6, 6.07) is 14.4. The molecule has 1 aromatic carbocycles. The average molecular weight is 384 g/mol. The Balaban J connectivity index is 1.44. The Morgan fingerprint density at radius 1 is 1.07 bits per heavy atom. The number of ether oxygens (including phenoxy) is 1. The van der Waals surface area contributed by atoms with Gasteiger partial charge >= 0.3 is 0 Å². The van der Waals surface area contributed by atoms with Gasteiger partial charge in [0, 0.05) is 18.7 Å². The number of nitrogens with zero attached hydrogens (tertiary/aromatic N) is 2. The van der Waals surface area contributed by atoms with Crippen LogP contribution in [0.3, 0.4) is 0 Å². The zero-order valence-electron chi connectivity index (χ0n) is 14.5. The first kappa shape index (κ1) is 17.6. The van der Waals surface area contributed by atoms with Crippen LogP contribution in [0.2, 0.25) is 5.02 Å². The molecule has 6 nitrogen and oxygen atoms in total. The Morgan fingerprint density at radius 2 is 1.89 bits per heavy atom. The molecule has 2 aromatic heterocycles. The van der Waals surface area contributed by atoms with E-state index in [4.69, 9.17) is 20.8 Å². The van der Waals surface area contributed by atoms with E-state index >= 15 is 0 Å². The van der Waals surface area contributed by atoms with Crippen molar-refractivity contribution in [1.29, 1.82) is 0 Å². The number of benzene rings is 1. The molecule has 1 fully saturated rings. The molecule has 138 valence electrons. The number of carbonyl (C=O) groups is 1. The third-order valence-corrected chi connectivity index (χ3v) is 4.66. The van der Waals surface area contributed by atoms with Crippen molar-refractivity contribution in [3.63, 3.8) is 0 Å². The van der Waals surface area contributed by atoms with Crippen LogP contribution in [0.5, 0.6) is 0 Å². The minimum absolute atomic E-state index is 0.198. The van der Waals surface area contributed by atoms with E-state index in [1.165, 1.54) is 0 Å². The van der Waals surface area contributed by atoms with E-state index in [9.17, 15) is 4.79 Å². The monoisotopic (exact) mass is 383 g/mol. The van der Waals surface area contributed by atoms with Crippen LogP contribution < -0.4 is 10.2 Å². The highest BCUT2D eigenvalue weighted by atomic mass is 35.5. The summed E-state index contributed by atoms with van der Waals surface area (Å²) in [7, 11) is 0. The second-order valence-corrected chi connectivity index (χ2v) is 6.51. The van der Waals surface area contributed by atoms with Crippen LogP contribution in [0.25, 0.3) is 11.3 Å². The normalized spacial score (nSPS) is 14.2. The number of hydrogen-bond acceptors (Lipinski definition) is 5. The molecule has 0 bridgehead atoms. The number of carbonyl (C=O) groups excluding carboxylic acids is 1. The second-order valence-electron chi connectivity index (χ2n) is 6.10. The van der Waals surface area contributed by atoms with Gasteiger partial charge in [-0.2, -0.15) is 0 Å². The predicted octanol–water partition coefficient (Wildman–Crippen LogP) is 4.08. The maximum Gasteiger partial charge on any atom is 0.292 e. The molecule has 0 unspecified atom stereocenters. The van der Waals surface area contributed by atoms with E-state index < -0.39 is 0 Å². The Bertz CT molecular complexity index is 934. The van der Waals surface area contributed by atoms with Crippen molar-refractivity contribution < 1.29 is 13.9 Å². The number of halogens is 1. The van der Waals surface area contributed by atoms with Crippen LogP contribution in [0.4, 0.5) is 11.5 Å². The zero-order chi connectivity index (χ0) is 18.6. The van der Waals surface area contributed by atoms with Gasteiger partial charge in [0.1, 0.15) is 11.6 Å². The second kappa shape index (κ2) is 7.82. The highest BCUT2D eigenvalue weighted by molar-refractivity contribution is 6.33. The maximum absolute atomic E-state index is 12.4. The fraction of sp³-hybridized carbons (Fsp3) is 0.200. The lowest BCUT2D eigenvalue weighted by Gasteiger charge is -2.28. The minimum Gasteiger partial charge on any atom is -0.451 e. The number of rotatable bonds is 4. The molecular weight excluding hydrogens is 366 g/mol. The number of furan rings is 1. The number of aromatic nitrogens is 1. The molecule has 1 saturated heterocycles. The number of hydrogen-bond donors (Lipinski definition) is 1. The molecule has 7 heteroatoms. The third kappa shape index (κ3) is 3.97. The summed E-state index contributed by atoms with van der Waals surface area (Å²) in [5.41, 5.74) is 1.75. The molecule has 1 amide bonds. The Labute approximate surface area is 161 Å². The quantitative estimate of drug-likeness (QED) is 0.735. The average Bonchev–Trinajstić information content (AvgIpc) is 3.20. The molecule has 1 aliphatic heterocycles. The van der Waals surface area contributed by atoms with Crippen LogP contribution in [0.15, 0.2) is 59.1 Å². The van der Waals surface area contributed by atoms with Crippen molar-refractivity contribution in [3.05, 3.63) is 65.5 Å². The van der Waals surface area contributed by atoms with Crippen molar-refractivity contribution in [2.75, 3.05) is 36.5 Å². The number of pyridine rings is 1. The topological polar surface area (TPSA) is 67.6 Å². The molecular formula is C20H18ClN3O3. The lowest BCUT2D eigenvalue weighted by atomic mass is 10.2. The smallest absolute Gasteiger partial charge is 0.292 e. The zero-order valence-corrected chi connectivity index (χ0v) is 15.3. The molecule has 3 aromatic rings. The van der Waals surface area contributed by atoms with Gasteiger partial charge in [0.25, 0.3) is 5.91 Å². The van der Waals surface area contributed by atoms with E-state index in [1.54, 1.807) is 30.5 Å². The van der Waals surface area contributed by atoms with Gasteiger partial charge in [0.15, 0.2) is 5.76 Å². The van der Waals surface area contributed by atoms with E-state index in [-0.39, 0.29) is 11.7 Å². The third-order valence-electron chi connectivity index (χ3n) is 4.33. The highest BCUT2D eigenvalue weighted by Gasteiger charge is 2.15. The number of amides is 1. The highest BCUT2D eigenvalue weighted by Crippen LogP contribution is 2.29. The lowest BCUT2D eigenvalue weighted by Crippen LogP contribution is -2.36. The van der Waals surface area contributed by atoms with Gasteiger partial charge in [-0.15, -0.1) is 0 Å². The van der Waals surface area contributed by atoms with Crippen LogP contribution in [0, 0.1) is 0 Å². The Kier molecular flexibility index (Phi) is 5.09. The first-order valence-corrected chi connectivity index (χ1v) is 9.03. The summed E-state index contributed by atoms with van der Waals surface area (Å²) in [6.45, 7) is 3.10. The van der Waals surface area contributed by atoms with Crippen LogP contribution in [-0.2, 0) is 4.74 Å². The van der Waals surface area contributed by atoms with Gasteiger partial charge in [-0.05, 0) is 36.4 Å². The minimum atomic E-state index is -0.361. The van der Waals surface area contributed by atoms with Gasteiger partial charge in [0.05, 0.1) is 30.1 Å². The Morgan fingerprint density at radius 3 is 2.63 bits per heavy atom. The molecule has 4 rings (SSSR count). The lowest BCUT2D eigenvalue weighted by molar-refractivity contribution is 0.0997. The molecule has 1 aliphatic rings. The van der Waals surface area contributed by atoms with E-state index in [1.807, 2.05) is 24.3 Å². The molecule has 0 atom stereocenters.